The summed E-state index contributed by atoms with van der Waals surface area (Å²) in [6.45, 7) is 1.58. The maximum Gasteiger partial charge on any atom is 0.329 e. The number of amides is 1. The van der Waals surface area contributed by atoms with Gasteiger partial charge in [0.1, 0.15) is 24.9 Å². The molecule has 2 aromatic heterocycles. The highest BCUT2D eigenvalue weighted by Gasteiger charge is 2.56. The van der Waals surface area contributed by atoms with Crippen LogP contribution in [0.4, 0.5) is 0 Å². The topological polar surface area (TPSA) is 94.4 Å². The number of esters is 1. The van der Waals surface area contributed by atoms with Crippen molar-refractivity contribution in [3.05, 3.63) is 60.0 Å². The van der Waals surface area contributed by atoms with E-state index in [1.54, 1.807) is 23.4 Å². The molecule has 5 rings (SSSR count). The van der Waals surface area contributed by atoms with Crippen LogP contribution < -0.4 is 0 Å². The Morgan fingerprint density at radius 3 is 2.71 bits per heavy atom. The van der Waals surface area contributed by atoms with Crippen LogP contribution in [-0.2, 0) is 27.5 Å². The molecule has 3 atom stereocenters. The first kappa shape index (κ1) is 19.4. The molecule has 3 aromatic rings. The van der Waals surface area contributed by atoms with Crippen molar-refractivity contribution < 1.29 is 19.1 Å². The van der Waals surface area contributed by atoms with Crippen molar-refractivity contribution in [1.29, 1.82) is 0 Å². The van der Waals surface area contributed by atoms with E-state index in [0.29, 0.717) is 28.9 Å². The molecule has 2 aliphatic rings. The average Bonchev–Trinajstić information content (AvgIpc) is 3.28. The highest BCUT2D eigenvalue weighted by molar-refractivity contribution is 6.04. The Balaban J connectivity index is 1.33. The van der Waals surface area contributed by atoms with Gasteiger partial charge in [-0.15, -0.1) is 0 Å². The fourth-order valence-electron chi connectivity index (χ4n) is 4.46. The molecule has 0 spiro atoms. The number of benzene rings is 1. The summed E-state index contributed by atoms with van der Waals surface area (Å²) in [7, 11) is 0. The summed E-state index contributed by atoms with van der Waals surface area (Å²) in [4.78, 5) is 43.7. The van der Waals surface area contributed by atoms with Crippen LogP contribution in [-0.4, -0.2) is 49.4 Å². The van der Waals surface area contributed by atoms with Crippen molar-refractivity contribution in [2.75, 3.05) is 0 Å². The minimum Gasteiger partial charge on any atom is -0.459 e. The van der Waals surface area contributed by atoms with Gasteiger partial charge < -0.3 is 9.64 Å². The molecule has 1 aliphatic heterocycles. The van der Waals surface area contributed by atoms with E-state index >= 15 is 0 Å². The van der Waals surface area contributed by atoms with Crippen LogP contribution in [0.5, 0.6) is 0 Å². The number of fused-ring (bicyclic) bond motifs is 2. The SMILES string of the molecule is CC(=O)c1nn(CC(=O)N2[C@@H]3CC3C[C@H]2C(=O)OCc2ccccc2)c2cnccc12. The smallest absolute Gasteiger partial charge is 0.329 e. The van der Waals surface area contributed by atoms with Crippen LogP contribution in [0.1, 0.15) is 35.8 Å². The number of ether oxygens (including phenoxy) is 1. The van der Waals surface area contributed by atoms with E-state index in [1.165, 1.54) is 11.6 Å². The third kappa shape index (κ3) is 3.58. The van der Waals surface area contributed by atoms with Gasteiger partial charge in [-0.2, -0.15) is 5.10 Å². The highest BCUT2D eigenvalue weighted by atomic mass is 16.5. The molecule has 31 heavy (non-hydrogen) atoms. The van der Waals surface area contributed by atoms with E-state index in [9.17, 15) is 14.4 Å². The molecule has 1 saturated carbocycles. The lowest BCUT2D eigenvalue weighted by atomic mass is 10.1. The molecule has 1 unspecified atom stereocenters. The first-order valence-electron chi connectivity index (χ1n) is 10.4. The van der Waals surface area contributed by atoms with Gasteiger partial charge in [-0.05, 0) is 30.4 Å². The molecule has 1 saturated heterocycles. The van der Waals surface area contributed by atoms with Crippen LogP contribution in [0, 0.1) is 5.92 Å². The van der Waals surface area contributed by atoms with Gasteiger partial charge in [-0.25, -0.2) is 4.79 Å². The van der Waals surface area contributed by atoms with Crippen molar-refractivity contribution in [2.24, 2.45) is 5.92 Å². The molecule has 158 valence electrons. The summed E-state index contributed by atoms with van der Waals surface area (Å²) in [5.74, 6) is -0.397. The second-order valence-electron chi connectivity index (χ2n) is 8.16. The summed E-state index contributed by atoms with van der Waals surface area (Å²) in [5.41, 5.74) is 1.84. The number of nitrogens with zero attached hydrogens (tertiary/aromatic N) is 4. The molecule has 0 bridgehead atoms. The fourth-order valence-corrected chi connectivity index (χ4v) is 4.46. The largest absolute Gasteiger partial charge is 0.459 e. The third-order valence-electron chi connectivity index (χ3n) is 6.06. The van der Waals surface area contributed by atoms with Gasteiger partial charge in [-0.3, -0.25) is 19.3 Å². The lowest BCUT2D eigenvalue weighted by Crippen LogP contribution is -2.45. The molecule has 1 amide bonds. The number of rotatable bonds is 6. The van der Waals surface area contributed by atoms with E-state index < -0.39 is 6.04 Å². The maximum atomic E-state index is 13.2. The number of carbonyl (C=O) groups excluding carboxylic acids is 3. The highest BCUT2D eigenvalue weighted by Crippen LogP contribution is 2.48. The Labute approximate surface area is 178 Å². The fraction of sp³-hybridized carbons (Fsp3) is 0.348. The van der Waals surface area contributed by atoms with Crippen molar-refractivity contribution in [3.63, 3.8) is 0 Å². The monoisotopic (exact) mass is 418 g/mol. The summed E-state index contributed by atoms with van der Waals surface area (Å²) >= 11 is 0. The van der Waals surface area contributed by atoms with E-state index in [0.717, 1.165) is 12.0 Å². The van der Waals surface area contributed by atoms with Crippen LogP contribution in [0.25, 0.3) is 10.9 Å². The number of hydrogen-bond donors (Lipinski definition) is 0. The summed E-state index contributed by atoms with van der Waals surface area (Å²) in [6.07, 6.45) is 4.73. The summed E-state index contributed by atoms with van der Waals surface area (Å²) in [5, 5.41) is 5.01. The molecule has 1 aliphatic carbocycles. The first-order valence-corrected chi connectivity index (χ1v) is 10.4. The first-order chi connectivity index (χ1) is 15.0. The van der Waals surface area contributed by atoms with Gasteiger partial charge in [0.05, 0.1) is 11.7 Å². The molecular formula is C23H22N4O4. The number of Topliss-reactive ketones (excluding diaryl/α,β-unsaturated/α-hetero) is 1. The normalized spacial score (nSPS) is 21.7. The Kier molecular flexibility index (Phi) is 4.77. The minimum atomic E-state index is -0.577. The van der Waals surface area contributed by atoms with E-state index in [4.69, 9.17) is 4.74 Å². The predicted octanol–water partition coefficient (Wildman–Crippen LogP) is 2.37. The van der Waals surface area contributed by atoms with Gasteiger partial charge in [0, 0.05) is 24.5 Å². The van der Waals surface area contributed by atoms with Gasteiger partial charge in [-0.1, -0.05) is 30.3 Å². The van der Waals surface area contributed by atoms with Crippen molar-refractivity contribution >= 4 is 28.6 Å². The van der Waals surface area contributed by atoms with E-state index in [-0.39, 0.29) is 36.9 Å². The molecule has 8 heteroatoms. The van der Waals surface area contributed by atoms with Gasteiger partial charge in [0.15, 0.2) is 5.78 Å². The molecule has 8 nitrogen and oxygen atoms in total. The Hall–Kier alpha value is -3.55. The number of hydrogen-bond acceptors (Lipinski definition) is 6. The van der Waals surface area contributed by atoms with Crippen LogP contribution in [0.2, 0.25) is 0 Å². The number of aromatic nitrogens is 3. The molecular weight excluding hydrogens is 396 g/mol. The third-order valence-corrected chi connectivity index (χ3v) is 6.06. The van der Waals surface area contributed by atoms with Gasteiger partial charge >= 0.3 is 5.97 Å². The predicted molar refractivity (Wildman–Crippen MR) is 111 cm³/mol. The lowest BCUT2D eigenvalue weighted by molar-refractivity contribution is -0.155. The lowest BCUT2D eigenvalue weighted by Gasteiger charge is -2.26. The summed E-state index contributed by atoms with van der Waals surface area (Å²) in [6, 6.07) is 10.7. The number of likely N-dealkylation sites (tertiary alicyclic amines) is 1. The second kappa shape index (κ2) is 7.61. The number of piperidine rings is 1. The Morgan fingerprint density at radius 1 is 1.13 bits per heavy atom. The zero-order chi connectivity index (χ0) is 21.5. The maximum absolute atomic E-state index is 13.2. The standard InChI is InChI=1S/C23H22N4O4/c1-14(28)22-17-7-8-24-11-20(17)26(25-22)12-21(29)27-18-9-16(18)10-19(27)23(30)31-13-15-5-3-2-4-6-15/h2-8,11,16,18-19H,9-10,12-13H2,1H3/t16?,18-,19+/m1/s1. The van der Waals surface area contributed by atoms with Crippen molar-refractivity contribution in [3.8, 4) is 0 Å². The van der Waals surface area contributed by atoms with E-state index in [2.05, 4.69) is 10.1 Å². The quantitative estimate of drug-likeness (QED) is 0.451. The minimum absolute atomic E-state index is 0.0544. The number of carbonyl (C=O) groups is 3. The molecule has 3 heterocycles. The zero-order valence-corrected chi connectivity index (χ0v) is 17.1. The second-order valence-corrected chi connectivity index (χ2v) is 8.16. The Morgan fingerprint density at radius 2 is 1.94 bits per heavy atom. The van der Waals surface area contributed by atoms with Gasteiger partial charge in [0.2, 0.25) is 5.91 Å². The molecule has 0 N–H and O–H groups in total. The number of ketones is 1. The summed E-state index contributed by atoms with van der Waals surface area (Å²) < 4.78 is 7.01. The van der Waals surface area contributed by atoms with E-state index in [1.807, 2.05) is 30.3 Å². The Bertz CT molecular complexity index is 1170. The van der Waals surface area contributed by atoms with Crippen molar-refractivity contribution in [1.82, 2.24) is 19.7 Å². The van der Waals surface area contributed by atoms with Gasteiger partial charge in [0.25, 0.3) is 0 Å². The molecule has 0 radical (unpaired) electrons. The average molecular weight is 418 g/mol. The molecule has 1 aromatic carbocycles. The van der Waals surface area contributed by atoms with Crippen LogP contribution in [0.15, 0.2) is 48.8 Å². The zero-order valence-electron chi connectivity index (χ0n) is 17.1. The van der Waals surface area contributed by atoms with Crippen LogP contribution in [0.3, 0.4) is 0 Å². The number of pyridine rings is 1. The van der Waals surface area contributed by atoms with Crippen molar-refractivity contribution in [2.45, 2.75) is 45.0 Å². The van der Waals surface area contributed by atoms with Crippen LogP contribution >= 0.6 is 0 Å². The molecule has 2 fully saturated rings.